The molecular formula is C22H28F3NO4. The van der Waals surface area contributed by atoms with E-state index in [1.54, 1.807) is 13.2 Å². The number of ether oxygens (including phenoxy) is 2. The van der Waals surface area contributed by atoms with E-state index in [0.717, 1.165) is 17.4 Å². The van der Waals surface area contributed by atoms with Crippen LogP contribution in [-0.4, -0.2) is 42.7 Å². The van der Waals surface area contributed by atoms with Crippen molar-refractivity contribution >= 4 is 0 Å². The average molecular weight is 427 g/mol. The zero-order chi connectivity index (χ0) is 22.2. The molecule has 0 aromatic heterocycles. The Labute approximate surface area is 174 Å². The number of aryl methyl sites for hydroxylation is 2. The van der Waals surface area contributed by atoms with Gasteiger partial charge >= 0.3 is 6.18 Å². The Morgan fingerprint density at radius 2 is 1.67 bits per heavy atom. The molecule has 2 rings (SSSR count). The number of nitrogens with two attached hydrogens (primary N) is 1. The molecule has 0 bridgehead atoms. The second kappa shape index (κ2) is 10.7. The number of hydrogen-bond acceptors (Lipinski definition) is 5. The molecule has 5 nitrogen and oxygen atoms in total. The predicted octanol–water partition coefficient (Wildman–Crippen LogP) is 3.34. The van der Waals surface area contributed by atoms with Crippen molar-refractivity contribution in [3.8, 4) is 11.5 Å². The minimum Gasteiger partial charge on any atom is -0.497 e. The van der Waals surface area contributed by atoms with Crippen LogP contribution in [0.3, 0.4) is 0 Å². The number of hydrogen-bond donors (Lipinski definition) is 3. The van der Waals surface area contributed by atoms with Crippen LogP contribution >= 0.6 is 0 Å². The van der Waals surface area contributed by atoms with Crippen LogP contribution in [0.25, 0.3) is 0 Å². The van der Waals surface area contributed by atoms with E-state index in [9.17, 15) is 23.4 Å². The molecule has 0 radical (unpaired) electrons. The Morgan fingerprint density at radius 1 is 0.967 bits per heavy atom. The molecule has 0 aliphatic carbocycles. The first-order valence-electron chi connectivity index (χ1n) is 9.67. The van der Waals surface area contributed by atoms with Crippen LogP contribution in [0.2, 0.25) is 0 Å². The maximum atomic E-state index is 13.5. The van der Waals surface area contributed by atoms with Gasteiger partial charge in [-0.3, -0.25) is 0 Å². The summed E-state index contributed by atoms with van der Waals surface area (Å²) in [5, 5.41) is 18.5. The zero-order valence-electron chi connectivity index (χ0n) is 16.9. The molecule has 30 heavy (non-hydrogen) atoms. The van der Waals surface area contributed by atoms with Crippen LogP contribution in [0.4, 0.5) is 13.2 Å². The second-order valence-corrected chi connectivity index (χ2v) is 7.31. The zero-order valence-corrected chi connectivity index (χ0v) is 16.9. The molecule has 0 atom stereocenters. The quantitative estimate of drug-likeness (QED) is 0.479. The molecule has 0 aliphatic rings. The summed E-state index contributed by atoms with van der Waals surface area (Å²) in [6.45, 7) is -0.769. The lowest BCUT2D eigenvalue weighted by molar-refractivity contribution is -0.139. The fourth-order valence-corrected chi connectivity index (χ4v) is 2.97. The summed E-state index contributed by atoms with van der Waals surface area (Å²) in [4.78, 5) is 0. The molecule has 4 N–H and O–H groups in total. The Kier molecular flexibility index (Phi) is 8.52. The molecule has 0 aliphatic heterocycles. The van der Waals surface area contributed by atoms with E-state index in [1.165, 1.54) is 6.07 Å². The molecule has 2 aromatic carbocycles. The van der Waals surface area contributed by atoms with Gasteiger partial charge in [0.2, 0.25) is 0 Å². The highest BCUT2D eigenvalue weighted by Crippen LogP contribution is 2.37. The van der Waals surface area contributed by atoms with Crippen LogP contribution in [0.5, 0.6) is 11.5 Å². The van der Waals surface area contributed by atoms with Crippen molar-refractivity contribution in [2.75, 3.05) is 26.9 Å². The van der Waals surface area contributed by atoms with Gasteiger partial charge < -0.3 is 25.4 Å². The van der Waals surface area contributed by atoms with Crippen molar-refractivity contribution in [2.24, 2.45) is 5.73 Å². The third-order valence-electron chi connectivity index (χ3n) is 4.89. The highest BCUT2D eigenvalue weighted by Gasteiger charge is 2.35. The first-order valence-corrected chi connectivity index (χ1v) is 9.67. The first-order chi connectivity index (χ1) is 14.2. The number of methoxy groups -OCH3 is 1. The summed E-state index contributed by atoms with van der Waals surface area (Å²) >= 11 is 0. The minimum atomic E-state index is -4.56. The molecule has 0 spiro atoms. The summed E-state index contributed by atoms with van der Waals surface area (Å²) < 4.78 is 51.1. The fourth-order valence-electron chi connectivity index (χ4n) is 2.97. The number of aliphatic hydroxyl groups is 2. The van der Waals surface area contributed by atoms with Gasteiger partial charge in [0.15, 0.2) is 0 Å². The summed E-state index contributed by atoms with van der Waals surface area (Å²) in [5.74, 6) is 0.507. The van der Waals surface area contributed by atoms with Gasteiger partial charge in [-0.25, -0.2) is 0 Å². The van der Waals surface area contributed by atoms with Gasteiger partial charge in [-0.05, 0) is 61.1 Å². The molecule has 0 unspecified atom stereocenters. The van der Waals surface area contributed by atoms with E-state index >= 15 is 0 Å². The van der Waals surface area contributed by atoms with E-state index in [2.05, 4.69) is 0 Å². The van der Waals surface area contributed by atoms with Crippen molar-refractivity contribution in [2.45, 2.75) is 37.4 Å². The molecule has 0 heterocycles. The second-order valence-electron chi connectivity index (χ2n) is 7.31. The Hall–Kier alpha value is -2.29. The van der Waals surface area contributed by atoms with E-state index in [1.807, 2.05) is 24.3 Å². The standard InChI is InChI=1S/C22H28F3NO4/c1-29-18-6-2-4-16(12-18)5-3-11-30-20-8-7-17(13-19(20)22(23,24)25)9-10-21(26,14-27)15-28/h2,4,6-8,12-13,27-28H,3,5,9-11,14-15,26H2,1H3. The number of rotatable bonds is 11. The molecule has 0 saturated heterocycles. The lowest BCUT2D eigenvalue weighted by atomic mass is 9.93. The topological polar surface area (TPSA) is 84.9 Å². The normalized spacial score (nSPS) is 12.1. The van der Waals surface area contributed by atoms with Gasteiger partial charge in [0, 0.05) is 0 Å². The average Bonchev–Trinajstić information content (AvgIpc) is 2.75. The van der Waals surface area contributed by atoms with E-state index in [0.29, 0.717) is 18.4 Å². The van der Waals surface area contributed by atoms with Gasteiger partial charge in [0.25, 0.3) is 0 Å². The van der Waals surface area contributed by atoms with Crippen molar-refractivity contribution in [1.82, 2.24) is 0 Å². The smallest absolute Gasteiger partial charge is 0.419 e. The Morgan fingerprint density at radius 3 is 2.30 bits per heavy atom. The molecule has 2 aromatic rings. The first kappa shape index (κ1) is 24.0. The van der Waals surface area contributed by atoms with Crippen LogP contribution in [0.1, 0.15) is 29.5 Å². The van der Waals surface area contributed by atoms with Gasteiger partial charge in [-0.1, -0.05) is 18.2 Å². The largest absolute Gasteiger partial charge is 0.497 e. The maximum absolute atomic E-state index is 13.5. The Bertz CT molecular complexity index is 807. The lowest BCUT2D eigenvalue weighted by Gasteiger charge is -2.24. The molecule has 0 saturated carbocycles. The number of alkyl halides is 3. The number of halogens is 3. The van der Waals surface area contributed by atoms with Gasteiger partial charge in [-0.15, -0.1) is 0 Å². The van der Waals surface area contributed by atoms with Crippen LogP contribution in [0.15, 0.2) is 42.5 Å². The Balaban J connectivity index is 2.01. The van der Waals surface area contributed by atoms with E-state index < -0.39 is 30.5 Å². The van der Waals surface area contributed by atoms with Crippen LogP contribution in [-0.2, 0) is 19.0 Å². The molecule has 166 valence electrons. The predicted molar refractivity (Wildman–Crippen MR) is 108 cm³/mol. The highest BCUT2D eigenvalue weighted by atomic mass is 19.4. The summed E-state index contributed by atoms with van der Waals surface area (Å²) in [5.41, 5.74) is 5.13. The third kappa shape index (κ3) is 6.90. The van der Waals surface area contributed by atoms with E-state index in [4.69, 9.17) is 15.2 Å². The SMILES string of the molecule is COc1cccc(CCCOc2ccc(CCC(N)(CO)CO)cc2C(F)(F)F)c1. The summed E-state index contributed by atoms with van der Waals surface area (Å²) in [7, 11) is 1.58. The van der Waals surface area contributed by atoms with Gasteiger partial charge in [0.05, 0.1) is 38.0 Å². The van der Waals surface area contributed by atoms with Gasteiger partial charge in [-0.2, -0.15) is 13.2 Å². The number of aliphatic hydroxyl groups excluding tert-OH is 2. The van der Waals surface area contributed by atoms with Crippen LogP contribution < -0.4 is 15.2 Å². The molecule has 8 heteroatoms. The molecule has 0 amide bonds. The van der Waals surface area contributed by atoms with Crippen LogP contribution in [0, 0.1) is 0 Å². The number of benzene rings is 2. The fraction of sp³-hybridized carbons (Fsp3) is 0.455. The van der Waals surface area contributed by atoms with Crippen molar-refractivity contribution in [3.63, 3.8) is 0 Å². The summed E-state index contributed by atoms with van der Waals surface area (Å²) in [6, 6.07) is 11.4. The van der Waals surface area contributed by atoms with Crippen molar-refractivity contribution < 1.29 is 32.9 Å². The van der Waals surface area contributed by atoms with Crippen molar-refractivity contribution in [1.29, 1.82) is 0 Å². The highest BCUT2D eigenvalue weighted by molar-refractivity contribution is 5.39. The lowest BCUT2D eigenvalue weighted by Crippen LogP contribution is -2.47. The maximum Gasteiger partial charge on any atom is 0.419 e. The summed E-state index contributed by atoms with van der Waals surface area (Å²) in [6.07, 6.45) is -3.02. The van der Waals surface area contributed by atoms with E-state index in [-0.39, 0.29) is 25.2 Å². The molecular weight excluding hydrogens is 399 g/mol. The third-order valence-corrected chi connectivity index (χ3v) is 4.89. The monoisotopic (exact) mass is 427 g/mol. The van der Waals surface area contributed by atoms with Gasteiger partial charge in [0.1, 0.15) is 11.5 Å². The minimum absolute atomic E-state index is 0.139. The van der Waals surface area contributed by atoms with Crippen molar-refractivity contribution in [3.05, 3.63) is 59.2 Å². The molecule has 0 fully saturated rings.